The molecule has 1 aromatic heterocycles. The van der Waals surface area contributed by atoms with Crippen LogP contribution in [0.25, 0.3) is 0 Å². The average Bonchev–Trinajstić information content (AvgIpc) is 2.92. The molecule has 0 radical (unpaired) electrons. The van der Waals surface area contributed by atoms with E-state index in [1.165, 1.54) is 13.2 Å². The summed E-state index contributed by atoms with van der Waals surface area (Å²) in [6.45, 7) is 3.05. The molecule has 0 bridgehead atoms. The molecule has 0 amide bonds. The van der Waals surface area contributed by atoms with Gasteiger partial charge in [0.1, 0.15) is 17.4 Å². The van der Waals surface area contributed by atoms with E-state index >= 15 is 0 Å². The first-order chi connectivity index (χ1) is 10.2. The number of ether oxygens (including phenoxy) is 1. The summed E-state index contributed by atoms with van der Waals surface area (Å²) in [7, 11) is 3.37. The zero-order chi connectivity index (χ0) is 15.2. The first-order valence-electron chi connectivity index (χ1n) is 7.20. The standard InChI is InChI=1S/C16H22FN3O/c1-4-8-20-9-7-19-16(20)11-15(18-2)13-6-5-12(21-3)10-14(13)17/h5-7,9-10,15,18H,4,8,11H2,1-3H3. The number of hydrogen-bond donors (Lipinski definition) is 1. The number of halogens is 1. The van der Waals surface area contributed by atoms with Crippen LogP contribution in [0.15, 0.2) is 30.6 Å². The molecular weight excluding hydrogens is 269 g/mol. The van der Waals surface area contributed by atoms with Crippen molar-refractivity contribution in [1.82, 2.24) is 14.9 Å². The van der Waals surface area contributed by atoms with Crippen molar-refractivity contribution in [2.45, 2.75) is 32.4 Å². The van der Waals surface area contributed by atoms with E-state index in [4.69, 9.17) is 4.74 Å². The fourth-order valence-corrected chi connectivity index (χ4v) is 2.44. The molecule has 0 aliphatic heterocycles. The molecule has 0 aliphatic carbocycles. The first-order valence-corrected chi connectivity index (χ1v) is 7.20. The van der Waals surface area contributed by atoms with Gasteiger partial charge in [0.05, 0.1) is 7.11 Å². The molecule has 114 valence electrons. The summed E-state index contributed by atoms with van der Waals surface area (Å²) in [6.07, 6.45) is 5.45. The third kappa shape index (κ3) is 3.61. The van der Waals surface area contributed by atoms with Gasteiger partial charge in [-0.1, -0.05) is 13.0 Å². The number of likely N-dealkylation sites (N-methyl/N-ethyl adjacent to an activating group) is 1. The van der Waals surface area contributed by atoms with Gasteiger partial charge in [-0.2, -0.15) is 0 Å². The number of imidazole rings is 1. The van der Waals surface area contributed by atoms with Crippen molar-refractivity contribution < 1.29 is 9.13 Å². The Bertz CT molecular complexity index is 583. The zero-order valence-electron chi connectivity index (χ0n) is 12.8. The van der Waals surface area contributed by atoms with Gasteiger partial charge in [0.25, 0.3) is 0 Å². The highest BCUT2D eigenvalue weighted by Gasteiger charge is 2.17. The molecule has 1 atom stereocenters. The molecule has 1 aromatic carbocycles. The van der Waals surface area contributed by atoms with Crippen LogP contribution in [0, 0.1) is 5.82 Å². The van der Waals surface area contributed by atoms with Crippen molar-refractivity contribution in [3.63, 3.8) is 0 Å². The van der Waals surface area contributed by atoms with Crippen LogP contribution >= 0.6 is 0 Å². The molecule has 4 nitrogen and oxygen atoms in total. The summed E-state index contributed by atoms with van der Waals surface area (Å²) >= 11 is 0. The monoisotopic (exact) mass is 291 g/mol. The zero-order valence-corrected chi connectivity index (χ0v) is 12.8. The second-order valence-corrected chi connectivity index (χ2v) is 4.97. The molecule has 1 unspecified atom stereocenters. The molecule has 0 spiro atoms. The van der Waals surface area contributed by atoms with Gasteiger partial charge in [0, 0.05) is 43.0 Å². The van der Waals surface area contributed by atoms with Gasteiger partial charge < -0.3 is 14.6 Å². The largest absolute Gasteiger partial charge is 0.497 e. The van der Waals surface area contributed by atoms with Crippen LogP contribution in [0.5, 0.6) is 5.75 Å². The predicted octanol–water partition coefficient (Wildman–Crippen LogP) is 2.94. The van der Waals surface area contributed by atoms with E-state index in [2.05, 4.69) is 21.8 Å². The normalized spacial score (nSPS) is 12.4. The van der Waals surface area contributed by atoms with Gasteiger partial charge in [-0.05, 0) is 19.5 Å². The highest BCUT2D eigenvalue weighted by atomic mass is 19.1. The van der Waals surface area contributed by atoms with Gasteiger partial charge in [0.15, 0.2) is 0 Å². The topological polar surface area (TPSA) is 39.1 Å². The van der Waals surface area contributed by atoms with Crippen LogP contribution in [0.2, 0.25) is 0 Å². The van der Waals surface area contributed by atoms with E-state index in [-0.39, 0.29) is 11.9 Å². The van der Waals surface area contributed by atoms with Gasteiger partial charge in [0.2, 0.25) is 0 Å². The first kappa shape index (κ1) is 15.5. The van der Waals surface area contributed by atoms with Crippen LogP contribution in [0.3, 0.4) is 0 Å². The summed E-state index contributed by atoms with van der Waals surface area (Å²) in [5.74, 6) is 1.23. The fraction of sp³-hybridized carbons (Fsp3) is 0.438. The second kappa shape index (κ2) is 7.22. The minimum absolute atomic E-state index is 0.117. The second-order valence-electron chi connectivity index (χ2n) is 4.97. The van der Waals surface area contributed by atoms with Crippen molar-refractivity contribution in [3.8, 4) is 5.75 Å². The Hall–Kier alpha value is -1.88. The quantitative estimate of drug-likeness (QED) is 0.852. The van der Waals surface area contributed by atoms with E-state index < -0.39 is 0 Å². The highest BCUT2D eigenvalue weighted by molar-refractivity contribution is 5.31. The van der Waals surface area contributed by atoms with E-state index in [1.54, 1.807) is 18.3 Å². The van der Waals surface area contributed by atoms with Gasteiger partial charge >= 0.3 is 0 Å². The lowest BCUT2D eigenvalue weighted by atomic mass is 10.0. The Kier molecular flexibility index (Phi) is 5.33. The van der Waals surface area contributed by atoms with Crippen molar-refractivity contribution in [3.05, 3.63) is 47.8 Å². The maximum absolute atomic E-state index is 14.2. The van der Waals surface area contributed by atoms with Gasteiger partial charge in [-0.25, -0.2) is 9.37 Å². The van der Waals surface area contributed by atoms with E-state index in [1.807, 2.05) is 13.2 Å². The lowest BCUT2D eigenvalue weighted by Gasteiger charge is -2.18. The predicted molar refractivity (Wildman–Crippen MR) is 81.0 cm³/mol. The Morgan fingerprint density at radius 1 is 1.43 bits per heavy atom. The molecule has 1 N–H and O–H groups in total. The number of rotatable bonds is 7. The molecule has 0 saturated carbocycles. The van der Waals surface area contributed by atoms with Crippen LogP contribution in [0.4, 0.5) is 4.39 Å². The van der Waals surface area contributed by atoms with Crippen LogP contribution in [-0.2, 0) is 13.0 Å². The molecule has 1 heterocycles. The van der Waals surface area contributed by atoms with E-state index in [0.717, 1.165) is 18.8 Å². The summed E-state index contributed by atoms with van der Waals surface area (Å²) < 4.78 is 21.4. The lowest BCUT2D eigenvalue weighted by molar-refractivity contribution is 0.409. The lowest BCUT2D eigenvalue weighted by Crippen LogP contribution is -2.22. The number of benzene rings is 1. The van der Waals surface area contributed by atoms with Crippen molar-refractivity contribution >= 4 is 0 Å². The SMILES string of the molecule is CCCn1ccnc1CC(NC)c1ccc(OC)cc1F. The molecule has 5 heteroatoms. The van der Waals surface area contributed by atoms with Crippen LogP contribution in [-0.4, -0.2) is 23.7 Å². The summed E-state index contributed by atoms with van der Waals surface area (Å²) in [4.78, 5) is 4.39. The highest BCUT2D eigenvalue weighted by Crippen LogP contribution is 2.24. The summed E-state index contributed by atoms with van der Waals surface area (Å²) in [6, 6.07) is 4.84. The number of aromatic nitrogens is 2. The smallest absolute Gasteiger partial charge is 0.131 e. The molecule has 0 saturated heterocycles. The number of methoxy groups -OCH3 is 1. The average molecular weight is 291 g/mol. The van der Waals surface area contributed by atoms with Gasteiger partial charge in [-0.3, -0.25) is 0 Å². The van der Waals surface area contributed by atoms with E-state index in [9.17, 15) is 4.39 Å². The molecule has 2 aromatic rings. The Balaban J connectivity index is 2.21. The summed E-state index contributed by atoms with van der Waals surface area (Å²) in [5, 5.41) is 3.17. The molecule has 0 aliphatic rings. The van der Waals surface area contributed by atoms with Crippen LogP contribution < -0.4 is 10.1 Å². The van der Waals surface area contributed by atoms with Crippen molar-refractivity contribution in [2.24, 2.45) is 0 Å². The van der Waals surface area contributed by atoms with Crippen molar-refractivity contribution in [1.29, 1.82) is 0 Å². The third-order valence-electron chi connectivity index (χ3n) is 3.58. The Morgan fingerprint density at radius 2 is 2.24 bits per heavy atom. The Labute approximate surface area is 125 Å². The fourth-order valence-electron chi connectivity index (χ4n) is 2.44. The number of nitrogens with zero attached hydrogens (tertiary/aromatic N) is 2. The Morgan fingerprint density at radius 3 is 2.86 bits per heavy atom. The van der Waals surface area contributed by atoms with E-state index in [0.29, 0.717) is 17.7 Å². The number of hydrogen-bond acceptors (Lipinski definition) is 3. The molecule has 0 fully saturated rings. The summed E-state index contributed by atoms with van der Waals surface area (Å²) in [5.41, 5.74) is 0.629. The molecule has 21 heavy (non-hydrogen) atoms. The number of nitrogens with one attached hydrogen (secondary N) is 1. The minimum atomic E-state index is -0.262. The maximum atomic E-state index is 14.2. The maximum Gasteiger partial charge on any atom is 0.131 e. The van der Waals surface area contributed by atoms with Crippen molar-refractivity contribution in [2.75, 3.05) is 14.2 Å². The minimum Gasteiger partial charge on any atom is -0.497 e. The number of aryl methyl sites for hydroxylation is 1. The molecular formula is C16H22FN3O. The van der Waals surface area contributed by atoms with Crippen LogP contribution in [0.1, 0.15) is 30.8 Å². The molecule has 2 rings (SSSR count). The van der Waals surface area contributed by atoms with Gasteiger partial charge in [-0.15, -0.1) is 0 Å². The third-order valence-corrected chi connectivity index (χ3v) is 3.58.